The Labute approximate surface area is 167 Å². The molecule has 0 spiro atoms. The van der Waals surface area contributed by atoms with Gasteiger partial charge in [-0.3, -0.25) is 9.78 Å². The Balaban J connectivity index is 1.22. The lowest BCUT2D eigenvalue weighted by atomic mass is 9.94. The third-order valence-corrected chi connectivity index (χ3v) is 6.20. The van der Waals surface area contributed by atoms with E-state index in [0.717, 1.165) is 63.7 Å². The summed E-state index contributed by atoms with van der Waals surface area (Å²) in [4.78, 5) is 2.37. The fourth-order valence-corrected chi connectivity index (χ4v) is 4.26. The minimum atomic E-state index is 0.324. The number of nitrogens with one attached hydrogen (secondary N) is 2. The van der Waals surface area contributed by atoms with Crippen molar-refractivity contribution in [2.45, 2.75) is 64.0 Å². The van der Waals surface area contributed by atoms with Crippen LogP contribution in [0.5, 0.6) is 0 Å². The molecule has 154 valence electrons. The molecule has 0 radical (unpaired) electrons. The summed E-state index contributed by atoms with van der Waals surface area (Å²) in [7, 11) is 0. The number of H-pyrrole nitrogens is 1. The van der Waals surface area contributed by atoms with E-state index in [4.69, 9.17) is 4.74 Å². The van der Waals surface area contributed by atoms with Crippen LogP contribution in [-0.2, 0) is 11.3 Å². The number of ether oxygens (including phenoxy) is 1. The molecular weight excluding hydrogens is 352 g/mol. The molecule has 0 bridgehead atoms. The summed E-state index contributed by atoms with van der Waals surface area (Å²) in [6.07, 6.45) is 6.92. The lowest BCUT2D eigenvalue weighted by molar-refractivity contribution is 0.0297. The maximum atomic E-state index is 6.25. The monoisotopic (exact) mass is 386 g/mol. The molecule has 2 N–H and O–H groups in total. The van der Waals surface area contributed by atoms with Crippen molar-refractivity contribution in [2.75, 3.05) is 37.7 Å². The fraction of sp³-hybridized carbons (Fsp3) is 0.714. The van der Waals surface area contributed by atoms with Crippen molar-refractivity contribution in [1.29, 1.82) is 0 Å². The number of nitrogens with zero attached hydrogens (tertiary/aromatic N) is 4. The number of hydrogen-bond acceptors (Lipinski definition) is 5. The number of aromatic amines is 1. The standard InChI is InChI=1S/C21H34N6O/c1-3-27-13-8-21(25-27)26-11-6-18(7-12-26)28-15-16(2)19-14-20(24-23-19)17-4-9-22-10-5-17/h8,13-14,16-18,22H,3-7,9-12,15H2,1-2H3,(H,23,24). The Kier molecular flexibility index (Phi) is 6.32. The number of anilines is 1. The third kappa shape index (κ3) is 4.58. The molecule has 2 fully saturated rings. The van der Waals surface area contributed by atoms with Crippen LogP contribution in [0.1, 0.15) is 62.8 Å². The van der Waals surface area contributed by atoms with Crippen molar-refractivity contribution in [3.8, 4) is 0 Å². The van der Waals surface area contributed by atoms with E-state index in [2.05, 4.69) is 57.7 Å². The Bertz CT molecular complexity index is 727. The molecule has 7 heteroatoms. The zero-order valence-corrected chi connectivity index (χ0v) is 17.2. The van der Waals surface area contributed by atoms with E-state index in [1.807, 2.05) is 4.68 Å². The van der Waals surface area contributed by atoms with Crippen molar-refractivity contribution in [2.24, 2.45) is 0 Å². The average Bonchev–Trinajstić information content (AvgIpc) is 3.43. The van der Waals surface area contributed by atoms with E-state index in [0.29, 0.717) is 17.9 Å². The van der Waals surface area contributed by atoms with Crippen LogP contribution in [0, 0.1) is 0 Å². The van der Waals surface area contributed by atoms with Crippen molar-refractivity contribution in [3.05, 3.63) is 29.7 Å². The zero-order valence-electron chi connectivity index (χ0n) is 17.2. The molecule has 28 heavy (non-hydrogen) atoms. The first-order valence-corrected chi connectivity index (χ1v) is 10.9. The second kappa shape index (κ2) is 9.09. The predicted octanol–water partition coefficient (Wildman–Crippen LogP) is 2.88. The summed E-state index contributed by atoms with van der Waals surface area (Å²) < 4.78 is 8.24. The molecule has 4 rings (SSSR count). The molecule has 7 nitrogen and oxygen atoms in total. The van der Waals surface area contributed by atoms with Gasteiger partial charge in [-0.2, -0.15) is 10.2 Å². The zero-order chi connectivity index (χ0) is 19.3. The molecule has 2 aromatic rings. The molecule has 1 atom stereocenters. The summed E-state index contributed by atoms with van der Waals surface area (Å²) in [5, 5.41) is 15.9. The molecule has 2 aliphatic rings. The minimum Gasteiger partial charge on any atom is -0.377 e. The molecule has 4 heterocycles. The number of rotatable bonds is 7. The number of piperidine rings is 2. The summed E-state index contributed by atoms with van der Waals surface area (Å²) in [6, 6.07) is 4.38. The van der Waals surface area contributed by atoms with Gasteiger partial charge in [0.2, 0.25) is 0 Å². The average molecular weight is 387 g/mol. The lowest BCUT2D eigenvalue weighted by Crippen LogP contribution is -2.37. The Hall–Kier alpha value is -1.86. The molecule has 2 saturated heterocycles. The van der Waals surface area contributed by atoms with Gasteiger partial charge in [0.05, 0.1) is 18.4 Å². The highest BCUT2D eigenvalue weighted by Gasteiger charge is 2.23. The van der Waals surface area contributed by atoms with Gasteiger partial charge in [0.1, 0.15) is 0 Å². The van der Waals surface area contributed by atoms with E-state index in [9.17, 15) is 0 Å². The van der Waals surface area contributed by atoms with Crippen LogP contribution in [0.15, 0.2) is 18.3 Å². The van der Waals surface area contributed by atoms with Gasteiger partial charge in [0.15, 0.2) is 5.82 Å². The highest BCUT2D eigenvalue weighted by Crippen LogP contribution is 2.26. The van der Waals surface area contributed by atoms with Crippen LogP contribution in [0.2, 0.25) is 0 Å². The first-order chi connectivity index (χ1) is 13.7. The lowest BCUT2D eigenvalue weighted by Gasteiger charge is -2.32. The van der Waals surface area contributed by atoms with Crippen LogP contribution < -0.4 is 10.2 Å². The summed E-state index contributed by atoms with van der Waals surface area (Å²) in [6.45, 7) is 10.2. The largest absolute Gasteiger partial charge is 0.377 e. The van der Waals surface area contributed by atoms with Gasteiger partial charge in [-0.15, -0.1) is 0 Å². The molecule has 0 amide bonds. The normalized spacial score (nSPS) is 20.6. The number of aryl methyl sites for hydroxylation is 1. The van der Waals surface area contributed by atoms with E-state index in [1.54, 1.807) is 0 Å². The summed E-state index contributed by atoms with van der Waals surface area (Å²) >= 11 is 0. The predicted molar refractivity (Wildman–Crippen MR) is 111 cm³/mol. The maximum Gasteiger partial charge on any atom is 0.150 e. The summed E-state index contributed by atoms with van der Waals surface area (Å²) in [5.41, 5.74) is 2.43. The Morgan fingerprint density at radius 2 is 2.00 bits per heavy atom. The molecular formula is C21H34N6O. The smallest absolute Gasteiger partial charge is 0.150 e. The molecule has 2 aliphatic heterocycles. The molecule has 2 aromatic heterocycles. The molecule has 0 aromatic carbocycles. The third-order valence-electron chi connectivity index (χ3n) is 6.20. The van der Waals surface area contributed by atoms with E-state index in [-0.39, 0.29) is 0 Å². The minimum absolute atomic E-state index is 0.324. The van der Waals surface area contributed by atoms with Gasteiger partial charge >= 0.3 is 0 Å². The highest BCUT2D eigenvalue weighted by molar-refractivity contribution is 5.37. The van der Waals surface area contributed by atoms with Gasteiger partial charge in [-0.05, 0) is 51.8 Å². The van der Waals surface area contributed by atoms with Gasteiger partial charge in [-0.1, -0.05) is 6.92 Å². The first kappa shape index (κ1) is 19.5. The van der Waals surface area contributed by atoms with Crippen molar-refractivity contribution in [1.82, 2.24) is 25.3 Å². The quantitative estimate of drug-likeness (QED) is 0.766. The number of hydrogen-bond donors (Lipinski definition) is 2. The second-order valence-electron chi connectivity index (χ2n) is 8.22. The van der Waals surface area contributed by atoms with Crippen molar-refractivity contribution < 1.29 is 4.74 Å². The maximum absolute atomic E-state index is 6.25. The Morgan fingerprint density at radius 3 is 2.71 bits per heavy atom. The van der Waals surface area contributed by atoms with Crippen LogP contribution in [0.3, 0.4) is 0 Å². The number of aromatic nitrogens is 4. The highest BCUT2D eigenvalue weighted by atomic mass is 16.5. The molecule has 0 aliphatic carbocycles. The second-order valence-corrected chi connectivity index (χ2v) is 8.22. The fourth-order valence-electron chi connectivity index (χ4n) is 4.26. The van der Waals surface area contributed by atoms with Crippen LogP contribution in [-0.4, -0.2) is 58.9 Å². The topological polar surface area (TPSA) is 71.0 Å². The van der Waals surface area contributed by atoms with E-state index in [1.165, 1.54) is 18.5 Å². The SMILES string of the molecule is CCn1ccc(N2CCC(OCC(C)c3cc(C4CCNCC4)[nH]n3)CC2)n1. The molecule has 1 unspecified atom stereocenters. The van der Waals surface area contributed by atoms with Gasteiger partial charge in [0.25, 0.3) is 0 Å². The van der Waals surface area contributed by atoms with Crippen LogP contribution in [0.4, 0.5) is 5.82 Å². The van der Waals surface area contributed by atoms with E-state index < -0.39 is 0 Å². The van der Waals surface area contributed by atoms with E-state index >= 15 is 0 Å². The van der Waals surface area contributed by atoms with Gasteiger partial charge in [-0.25, -0.2) is 0 Å². The van der Waals surface area contributed by atoms with Crippen molar-refractivity contribution >= 4 is 5.82 Å². The van der Waals surface area contributed by atoms with Gasteiger partial charge < -0.3 is 15.0 Å². The first-order valence-electron chi connectivity index (χ1n) is 10.9. The van der Waals surface area contributed by atoms with Crippen LogP contribution in [0.25, 0.3) is 0 Å². The van der Waals surface area contributed by atoms with Crippen LogP contribution >= 0.6 is 0 Å². The summed E-state index contributed by atoms with van der Waals surface area (Å²) in [5.74, 6) is 2.04. The van der Waals surface area contributed by atoms with Crippen molar-refractivity contribution in [3.63, 3.8) is 0 Å². The molecule has 0 saturated carbocycles. The Morgan fingerprint density at radius 1 is 1.21 bits per heavy atom. The van der Waals surface area contributed by atoms with Gasteiger partial charge in [0, 0.05) is 49.4 Å².